The van der Waals surface area contributed by atoms with Gasteiger partial charge in [-0.2, -0.15) is 0 Å². The van der Waals surface area contributed by atoms with Gasteiger partial charge in [0, 0.05) is 41.8 Å². The van der Waals surface area contributed by atoms with E-state index in [-0.39, 0.29) is 11.3 Å². The summed E-state index contributed by atoms with van der Waals surface area (Å²) in [7, 11) is 1.91. The maximum Gasteiger partial charge on any atom is 0.295 e. The zero-order valence-corrected chi connectivity index (χ0v) is 16.9. The van der Waals surface area contributed by atoms with Crippen molar-refractivity contribution < 1.29 is 19.1 Å². The number of ketones is 1. The summed E-state index contributed by atoms with van der Waals surface area (Å²) in [6, 6.07) is 12.3. The Balaban J connectivity index is 1.95. The second-order valence-electron chi connectivity index (χ2n) is 7.57. The van der Waals surface area contributed by atoms with Crippen LogP contribution in [0.25, 0.3) is 16.7 Å². The molecule has 2 heterocycles. The minimum atomic E-state index is -0.717. The normalized spacial score (nSPS) is 18.5. The SMILES string of the molecule is CCCCN1C(=O)C(=O)/C(=C(/O)c2ccc(F)cc2)C1c1cn(C)c2ccccc12. The molecule has 1 fully saturated rings. The van der Waals surface area contributed by atoms with E-state index in [1.54, 1.807) is 4.90 Å². The number of aliphatic hydroxyl groups is 1. The molecule has 0 saturated carbocycles. The summed E-state index contributed by atoms with van der Waals surface area (Å²) in [6.07, 6.45) is 3.51. The van der Waals surface area contributed by atoms with Crippen molar-refractivity contribution in [3.05, 3.63) is 77.2 Å². The van der Waals surface area contributed by atoms with Crippen LogP contribution in [0, 0.1) is 5.82 Å². The van der Waals surface area contributed by atoms with E-state index in [0.29, 0.717) is 12.1 Å². The van der Waals surface area contributed by atoms with E-state index in [2.05, 4.69) is 0 Å². The van der Waals surface area contributed by atoms with Gasteiger partial charge < -0.3 is 14.6 Å². The lowest BCUT2D eigenvalue weighted by Crippen LogP contribution is -2.30. The molecule has 1 unspecified atom stereocenters. The van der Waals surface area contributed by atoms with E-state index >= 15 is 0 Å². The van der Waals surface area contributed by atoms with Crippen LogP contribution < -0.4 is 0 Å². The number of fused-ring (bicyclic) bond motifs is 1. The number of aliphatic hydroxyl groups excluding tert-OH is 1. The third-order valence-electron chi connectivity index (χ3n) is 5.63. The fourth-order valence-corrected chi connectivity index (χ4v) is 4.12. The van der Waals surface area contributed by atoms with Gasteiger partial charge in [-0.1, -0.05) is 31.5 Å². The molecular formula is C24H23FN2O3. The predicted octanol–water partition coefficient (Wildman–Crippen LogP) is 4.54. The maximum absolute atomic E-state index is 13.4. The Labute approximate surface area is 174 Å². The highest BCUT2D eigenvalue weighted by Crippen LogP contribution is 2.42. The highest BCUT2D eigenvalue weighted by Gasteiger charge is 2.46. The summed E-state index contributed by atoms with van der Waals surface area (Å²) in [5, 5.41) is 11.9. The van der Waals surface area contributed by atoms with Crippen LogP contribution in [0.2, 0.25) is 0 Å². The zero-order chi connectivity index (χ0) is 21.4. The molecule has 1 saturated heterocycles. The molecule has 1 amide bonds. The molecule has 154 valence electrons. The number of nitrogens with zero attached hydrogens (tertiary/aromatic N) is 2. The first-order valence-electron chi connectivity index (χ1n) is 10.0. The Morgan fingerprint density at radius 3 is 2.50 bits per heavy atom. The Hall–Kier alpha value is -3.41. The van der Waals surface area contributed by atoms with Crippen LogP contribution in [0.1, 0.15) is 36.9 Å². The molecule has 0 bridgehead atoms. The summed E-state index contributed by atoms with van der Waals surface area (Å²) in [5.41, 5.74) is 2.09. The van der Waals surface area contributed by atoms with E-state index in [9.17, 15) is 19.1 Å². The number of para-hydroxylation sites is 1. The van der Waals surface area contributed by atoms with Gasteiger partial charge in [0.1, 0.15) is 11.6 Å². The smallest absolute Gasteiger partial charge is 0.295 e. The van der Waals surface area contributed by atoms with Crippen LogP contribution in [-0.4, -0.2) is 32.8 Å². The van der Waals surface area contributed by atoms with Gasteiger partial charge in [0.05, 0.1) is 11.6 Å². The van der Waals surface area contributed by atoms with Gasteiger partial charge in [-0.25, -0.2) is 4.39 Å². The van der Waals surface area contributed by atoms with E-state index in [1.807, 2.05) is 49.0 Å². The number of amides is 1. The first-order valence-corrected chi connectivity index (χ1v) is 10.0. The van der Waals surface area contributed by atoms with Crippen molar-refractivity contribution in [3.63, 3.8) is 0 Å². The fraction of sp³-hybridized carbons (Fsp3) is 0.250. The third kappa shape index (κ3) is 3.18. The van der Waals surface area contributed by atoms with E-state index in [0.717, 1.165) is 29.3 Å². The topological polar surface area (TPSA) is 62.5 Å². The number of hydrogen-bond acceptors (Lipinski definition) is 3. The zero-order valence-electron chi connectivity index (χ0n) is 16.9. The van der Waals surface area contributed by atoms with E-state index in [1.165, 1.54) is 24.3 Å². The Bertz CT molecular complexity index is 1160. The number of benzene rings is 2. The van der Waals surface area contributed by atoms with Gasteiger partial charge in [-0.3, -0.25) is 9.59 Å². The number of likely N-dealkylation sites (tertiary alicyclic amines) is 1. The summed E-state index contributed by atoms with van der Waals surface area (Å²) < 4.78 is 15.3. The lowest BCUT2D eigenvalue weighted by Gasteiger charge is -2.24. The first-order chi connectivity index (χ1) is 14.4. The minimum absolute atomic E-state index is 0.0408. The molecule has 1 N–H and O–H groups in total. The van der Waals surface area contributed by atoms with Gasteiger partial charge in [-0.15, -0.1) is 0 Å². The number of aryl methyl sites for hydroxylation is 1. The Morgan fingerprint density at radius 1 is 1.10 bits per heavy atom. The van der Waals surface area contributed by atoms with Gasteiger partial charge in [0.25, 0.3) is 11.7 Å². The number of rotatable bonds is 5. The second-order valence-corrected chi connectivity index (χ2v) is 7.57. The summed E-state index contributed by atoms with van der Waals surface area (Å²) in [4.78, 5) is 27.4. The van der Waals surface area contributed by atoms with Crippen LogP contribution in [0.3, 0.4) is 0 Å². The summed E-state index contributed by atoms with van der Waals surface area (Å²) in [6.45, 7) is 2.43. The number of unbranched alkanes of at least 4 members (excludes halogenated alkanes) is 1. The van der Waals surface area contributed by atoms with Crippen molar-refractivity contribution in [1.29, 1.82) is 0 Å². The maximum atomic E-state index is 13.4. The summed E-state index contributed by atoms with van der Waals surface area (Å²) in [5.74, 6) is -2.07. The molecule has 30 heavy (non-hydrogen) atoms. The lowest BCUT2D eigenvalue weighted by atomic mass is 9.95. The molecule has 0 spiro atoms. The van der Waals surface area contributed by atoms with E-state index in [4.69, 9.17) is 0 Å². The highest BCUT2D eigenvalue weighted by atomic mass is 19.1. The quantitative estimate of drug-likeness (QED) is 0.384. The predicted molar refractivity (Wildman–Crippen MR) is 113 cm³/mol. The molecule has 1 aliphatic rings. The molecule has 0 aliphatic carbocycles. The second kappa shape index (κ2) is 7.78. The molecule has 6 heteroatoms. The largest absolute Gasteiger partial charge is 0.507 e. The number of aromatic nitrogens is 1. The van der Waals surface area contributed by atoms with Crippen LogP contribution >= 0.6 is 0 Å². The average molecular weight is 406 g/mol. The first kappa shape index (κ1) is 19.9. The van der Waals surface area contributed by atoms with Crippen molar-refractivity contribution in [2.24, 2.45) is 7.05 Å². The number of Topliss-reactive ketones (excluding diaryl/α,β-unsaturated/α-hetero) is 1. The van der Waals surface area contributed by atoms with Crippen LogP contribution in [-0.2, 0) is 16.6 Å². The van der Waals surface area contributed by atoms with Gasteiger partial charge in [0.2, 0.25) is 0 Å². The number of carbonyl (C=O) groups is 2. The average Bonchev–Trinajstić information content (AvgIpc) is 3.21. The van der Waals surface area contributed by atoms with Gasteiger partial charge in [0.15, 0.2) is 0 Å². The van der Waals surface area contributed by atoms with E-state index < -0.39 is 23.5 Å². The number of hydrogen-bond donors (Lipinski definition) is 1. The Kier molecular flexibility index (Phi) is 5.16. The molecule has 1 atom stereocenters. The minimum Gasteiger partial charge on any atom is -0.507 e. The molecule has 1 aromatic heterocycles. The number of carbonyl (C=O) groups excluding carboxylic acids is 2. The number of halogens is 1. The molecule has 1 aliphatic heterocycles. The molecule has 2 aromatic carbocycles. The van der Waals surface area contributed by atoms with Crippen molar-refractivity contribution in [3.8, 4) is 0 Å². The molecular weight excluding hydrogens is 383 g/mol. The highest BCUT2D eigenvalue weighted by molar-refractivity contribution is 6.46. The van der Waals surface area contributed by atoms with Crippen LogP contribution in [0.5, 0.6) is 0 Å². The Morgan fingerprint density at radius 2 is 1.80 bits per heavy atom. The van der Waals surface area contributed by atoms with Gasteiger partial charge in [-0.05, 0) is 36.8 Å². The lowest BCUT2D eigenvalue weighted by molar-refractivity contribution is -0.139. The summed E-state index contributed by atoms with van der Waals surface area (Å²) >= 11 is 0. The third-order valence-corrected chi connectivity index (χ3v) is 5.63. The molecule has 4 rings (SSSR count). The van der Waals surface area contributed by atoms with Crippen molar-refractivity contribution in [1.82, 2.24) is 9.47 Å². The van der Waals surface area contributed by atoms with Gasteiger partial charge >= 0.3 is 0 Å². The monoisotopic (exact) mass is 406 g/mol. The molecule has 5 nitrogen and oxygen atoms in total. The van der Waals surface area contributed by atoms with Crippen molar-refractivity contribution in [2.45, 2.75) is 25.8 Å². The standard InChI is InChI=1S/C24H23FN2O3/c1-3-4-13-27-21(18-14-26(2)19-8-6-5-7-17(18)19)20(23(29)24(27)30)22(28)15-9-11-16(25)12-10-15/h5-12,14,21,28H,3-4,13H2,1-2H3/b22-20+. The van der Waals surface area contributed by atoms with Crippen LogP contribution in [0.15, 0.2) is 60.3 Å². The fourth-order valence-electron chi connectivity index (χ4n) is 4.12. The van der Waals surface area contributed by atoms with Crippen molar-refractivity contribution in [2.75, 3.05) is 6.54 Å². The molecule has 3 aromatic rings. The van der Waals surface area contributed by atoms with Crippen molar-refractivity contribution >= 4 is 28.4 Å². The van der Waals surface area contributed by atoms with Crippen LogP contribution in [0.4, 0.5) is 4.39 Å². The molecule has 0 radical (unpaired) electrons.